The van der Waals surface area contributed by atoms with Crippen molar-refractivity contribution in [2.24, 2.45) is 23.5 Å². The zero-order valence-electron chi connectivity index (χ0n) is 27.1. The maximum atomic E-state index is 14.1. The summed E-state index contributed by atoms with van der Waals surface area (Å²) in [6.07, 6.45) is 2.45. The second kappa shape index (κ2) is 14.9. The molecule has 0 spiro atoms. The van der Waals surface area contributed by atoms with Gasteiger partial charge in [0, 0.05) is 42.5 Å². The Balaban J connectivity index is 1.29. The number of benzene rings is 2. The van der Waals surface area contributed by atoms with Crippen molar-refractivity contribution in [2.75, 3.05) is 6.54 Å². The van der Waals surface area contributed by atoms with Gasteiger partial charge in [0.1, 0.15) is 18.7 Å². The number of esters is 1. The number of Topliss-reactive ketones (excluding diaryl/α,β-unsaturated/α-hetero) is 1. The molecule has 3 aromatic rings. The van der Waals surface area contributed by atoms with E-state index in [0.717, 1.165) is 25.3 Å². The summed E-state index contributed by atoms with van der Waals surface area (Å²) in [5.74, 6) is -6.00. The minimum Gasteiger partial charge on any atom is -0.459 e. The van der Waals surface area contributed by atoms with Crippen molar-refractivity contribution < 1.29 is 37.5 Å². The standard InChI is InChI=1S/C36H41F2N3O6S/c1-3-4-10-22(17-28(42)30-18-23-15-25(36(2,37)38)11-13-29(23)48-30)34(45)41-19-24-16-26(24)32(41)33(44)40-27(12-14-31(39)43)35(46)47-20-21-8-6-5-7-9-21/h5-9,11,13,15,18,22,24,26-27,32H,3-4,10,12,14,16-17,19-20H2,1-2H3,(H2,39,43)(H,40,44)/t22-,24-,26-,27+,32+/m1/s1. The van der Waals surface area contributed by atoms with Crippen molar-refractivity contribution in [3.63, 3.8) is 0 Å². The maximum Gasteiger partial charge on any atom is 0.328 e. The van der Waals surface area contributed by atoms with Crippen molar-refractivity contribution in [3.8, 4) is 0 Å². The van der Waals surface area contributed by atoms with Crippen molar-refractivity contribution in [3.05, 3.63) is 70.6 Å². The van der Waals surface area contributed by atoms with Gasteiger partial charge < -0.3 is 20.7 Å². The van der Waals surface area contributed by atoms with Crippen molar-refractivity contribution in [2.45, 2.75) is 83.4 Å². The molecule has 2 heterocycles. The van der Waals surface area contributed by atoms with Crippen LogP contribution in [-0.4, -0.2) is 53.0 Å². The van der Waals surface area contributed by atoms with E-state index in [-0.39, 0.29) is 55.0 Å². The van der Waals surface area contributed by atoms with Gasteiger partial charge in [0.05, 0.1) is 4.88 Å². The van der Waals surface area contributed by atoms with E-state index in [1.807, 2.05) is 25.1 Å². The highest BCUT2D eigenvalue weighted by Gasteiger charge is 2.57. The number of nitrogens with two attached hydrogens (primary N) is 1. The highest BCUT2D eigenvalue weighted by atomic mass is 32.1. The Labute approximate surface area is 282 Å². The fourth-order valence-corrected chi connectivity index (χ4v) is 7.42. The third-order valence-electron chi connectivity index (χ3n) is 9.19. The summed E-state index contributed by atoms with van der Waals surface area (Å²) in [6, 6.07) is 13.0. The summed E-state index contributed by atoms with van der Waals surface area (Å²) in [5, 5.41) is 3.28. The lowest BCUT2D eigenvalue weighted by atomic mass is 9.93. The highest BCUT2D eigenvalue weighted by Crippen LogP contribution is 2.50. The predicted octanol–water partition coefficient (Wildman–Crippen LogP) is 5.73. The molecule has 12 heteroatoms. The number of hydrogen-bond donors (Lipinski definition) is 2. The quantitative estimate of drug-likeness (QED) is 0.146. The van der Waals surface area contributed by atoms with Crippen LogP contribution in [0.5, 0.6) is 0 Å². The number of unbranched alkanes of at least 4 members (excludes halogenated alkanes) is 1. The number of primary amides is 1. The van der Waals surface area contributed by atoms with Crippen LogP contribution in [0.1, 0.15) is 79.6 Å². The Morgan fingerprint density at radius 1 is 1.08 bits per heavy atom. The van der Waals surface area contributed by atoms with Crippen LogP contribution in [0.2, 0.25) is 0 Å². The van der Waals surface area contributed by atoms with Crippen LogP contribution in [0, 0.1) is 17.8 Å². The van der Waals surface area contributed by atoms with Gasteiger partial charge >= 0.3 is 5.97 Å². The molecule has 2 fully saturated rings. The number of hydrogen-bond acceptors (Lipinski definition) is 7. The van der Waals surface area contributed by atoms with Crippen LogP contribution in [-0.2, 0) is 36.4 Å². The van der Waals surface area contributed by atoms with E-state index >= 15 is 0 Å². The van der Waals surface area contributed by atoms with E-state index in [1.165, 1.54) is 23.5 Å². The maximum absolute atomic E-state index is 14.1. The summed E-state index contributed by atoms with van der Waals surface area (Å²) in [6.45, 7) is 3.17. The third kappa shape index (κ3) is 8.44. The molecule has 0 unspecified atom stereocenters. The number of ether oxygens (including phenoxy) is 1. The molecule has 1 aromatic heterocycles. The molecule has 1 saturated carbocycles. The lowest BCUT2D eigenvalue weighted by molar-refractivity contribution is -0.150. The molecule has 3 amide bonds. The minimum absolute atomic E-state index is 0.0134. The average molecular weight is 682 g/mol. The number of halogens is 2. The van der Waals surface area contributed by atoms with Gasteiger partial charge in [-0.3, -0.25) is 19.2 Å². The SMILES string of the molecule is CCCC[C@H](CC(=O)c1cc2cc(C(C)(F)F)ccc2s1)C(=O)N1C[C@H]2C[C@H]2[C@H]1C(=O)N[C@@H](CCC(N)=O)C(=O)OCc1ccccc1. The number of alkyl halides is 2. The molecule has 2 aromatic carbocycles. The molecule has 1 aliphatic carbocycles. The molecule has 2 aliphatic rings. The molecule has 0 radical (unpaired) electrons. The largest absolute Gasteiger partial charge is 0.459 e. The van der Waals surface area contributed by atoms with Gasteiger partial charge in [-0.15, -0.1) is 11.3 Å². The molecule has 5 atom stereocenters. The fourth-order valence-electron chi connectivity index (χ4n) is 6.43. The summed E-state index contributed by atoms with van der Waals surface area (Å²) < 4.78 is 33.9. The van der Waals surface area contributed by atoms with Gasteiger partial charge in [0.25, 0.3) is 5.92 Å². The number of rotatable bonds is 16. The smallest absolute Gasteiger partial charge is 0.328 e. The van der Waals surface area contributed by atoms with Crippen molar-refractivity contribution in [1.29, 1.82) is 0 Å². The number of piperidine rings is 1. The van der Waals surface area contributed by atoms with Crippen LogP contribution >= 0.6 is 11.3 Å². The molecular weight excluding hydrogens is 640 g/mol. The third-order valence-corrected chi connectivity index (χ3v) is 10.3. The number of nitrogens with one attached hydrogen (secondary N) is 1. The van der Waals surface area contributed by atoms with Gasteiger partial charge in [-0.2, -0.15) is 0 Å². The molecule has 1 aliphatic heterocycles. The summed E-state index contributed by atoms with van der Waals surface area (Å²) in [5.41, 5.74) is 5.96. The van der Waals surface area contributed by atoms with Gasteiger partial charge in [0.15, 0.2) is 5.78 Å². The predicted molar refractivity (Wildman–Crippen MR) is 177 cm³/mol. The Kier molecular flexibility index (Phi) is 10.9. The molecule has 48 heavy (non-hydrogen) atoms. The number of likely N-dealkylation sites (tertiary alicyclic amines) is 1. The zero-order chi connectivity index (χ0) is 34.6. The average Bonchev–Trinajstić information content (AvgIpc) is 3.50. The van der Waals surface area contributed by atoms with Crippen LogP contribution in [0.15, 0.2) is 54.6 Å². The molecule has 9 nitrogen and oxygen atoms in total. The summed E-state index contributed by atoms with van der Waals surface area (Å²) >= 11 is 1.21. The number of amides is 3. The first kappa shape index (κ1) is 35.1. The van der Waals surface area contributed by atoms with Gasteiger partial charge in [-0.25, -0.2) is 13.6 Å². The Morgan fingerprint density at radius 3 is 2.52 bits per heavy atom. The van der Waals surface area contributed by atoms with E-state index in [1.54, 1.807) is 29.2 Å². The first-order valence-corrected chi connectivity index (χ1v) is 17.2. The van der Waals surface area contributed by atoms with Crippen LogP contribution in [0.3, 0.4) is 0 Å². The number of thiophene rings is 1. The van der Waals surface area contributed by atoms with Crippen molar-refractivity contribution >= 4 is 50.9 Å². The molecule has 5 rings (SSSR count). The van der Waals surface area contributed by atoms with Crippen LogP contribution in [0.4, 0.5) is 8.78 Å². The number of carbonyl (C=O) groups is 5. The van der Waals surface area contributed by atoms with E-state index < -0.39 is 41.7 Å². The fraction of sp³-hybridized carbons (Fsp3) is 0.472. The lowest BCUT2D eigenvalue weighted by Gasteiger charge is -2.31. The highest BCUT2D eigenvalue weighted by molar-refractivity contribution is 7.20. The topological polar surface area (TPSA) is 136 Å². The molecule has 1 saturated heterocycles. The van der Waals surface area contributed by atoms with E-state index in [0.29, 0.717) is 34.3 Å². The second-order valence-electron chi connectivity index (χ2n) is 13.0. The Hall–Kier alpha value is -4.19. The summed E-state index contributed by atoms with van der Waals surface area (Å²) in [7, 11) is 0. The van der Waals surface area contributed by atoms with E-state index in [4.69, 9.17) is 10.5 Å². The summed E-state index contributed by atoms with van der Waals surface area (Å²) in [4.78, 5) is 67.9. The normalized spacial score (nSPS) is 19.8. The van der Waals surface area contributed by atoms with E-state index in [9.17, 15) is 32.8 Å². The second-order valence-corrected chi connectivity index (χ2v) is 14.1. The zero-order valence-corrected chi connectivity index (χ0v) is 27.9. The number of carbonyl (C=O) groups excluding carboxylic acids is 5. The lowest BCUT2D eigenvalue weighted by Crippen LogP contribution is -2.54. The Bertz CT molecular complexity index is 1670. The van der Waals surface area contributed by atoms with Crippen molar-refractivity contribution in [1.82, 2.24) is 10.2 Å². The monoisotopic (exact) mass is 681 g/mol. The first-order chi connectivity index (χ1) is 22.8. The van der Waals surface area contributed by atoms with Gasteiger partial charge in [-0.1, -0.05) is 56.2 Å². The van der Waals surface area contributed by atoms with Crippen LogP contribution in [0.25, 0.3) is 10.1 Å². The Morgan fingerprint density at radius 2 is 1.83 bits per heavy atom. The van der Waals surface area contributed by atoms with Gasteiger partial charge in [-0.05, 0) is 60.2 Å². The van der Waals surface area contributed by atoms with E-state index in [2.05, 4.69) is 5.32 Å². The molecule has 256 valence electrons. The van der Waals surface area contributed by atoms with Crippen LogP contribution < -0.4 is 11.1 Å². The van der Waals surface area contributed by atoms with Gasteiger partial charge in [0.2, 0.25) is 17.7 Å². The number of nitrogens with zero attached hydrogens (tertiary/aromatic N) is 1. The number of ketones is 1. The molecule has 3 N–H and O–H groups in total. The number of fused-ring (bicyclic) bond motifs is 2. The minimum atomic E-state index is -3.01. The molecular formula is C36H41F2N3O6S. The first-order valence-electron chi connectivity index (χ1n) is 16.4. The molecule has 0 bridgehead atoms.